The van der Waals surface area contributed by atoms with Gasteiger partial charge < -0.3 is 33.8 Å². The molecule has 2 aromatic heterocycles. The van der Waals surface area contributed by atoms with Crippen LogP contribution in [0.4, 0.5) is 16.2 Å². The van der Waals surface area contributed by atoms with Gasteiger partial charge in [0.05, 0.1) is 39.7 Å². The molecule has 0 radical (unpaired) electrons. The lowest BCUT2D eigenvalue weighted by atomic mass is 10.1. The minimum Gasteiger partial charge on any atom is -0.493 e. The van der Waals surface area contributed by atoms with E-state index in [1.807, 2.05) is 18.2 Å². The summed E-state index contributed by atoms with van der Waals surface area (Å²) in [5.41, 5.74) is 1.87. The molecule has 0 bridgehead atoms. The second-order valence-corrected chi connectivity index (χ2v) is 6.82. The van der Waals surface area contributed by atoms with Gasteiger partial charge in [0, 0.05) is 17.8 Å². The summed E-state index contributed by atoms with van der Waals surface area (Å²) in [5, 5.41) is 9.56. The number of carbonyl (C=O) groups is 1. The molecule has 2 amide bonds. The highest BCUT2D eigenvalue weighted by molar-refractivity contribution is 6.00. The third-order valence-electron chi connectivity index (χ3n) is 4.74. The normalized spacial score (nSPS) is 10.5. The lowest BCUT2D eigenvalue weighted by Gasteiger charge is -2.15. The smallest absolute Gasteiger partial charge is 0.323 e. The number of carbonyl (C=O) groups excluding carboxylic acids is 1. The highest BCUT2D eigenvalue weighted by atomic mass is 16.5. The summed E-state index contributed by atoms with van der Waals surface area (Å²) in [5.74, 6) is 2.56. The van der Waals surface area contributed by atoms with Crippen molar-refractivity contribution in [3.05, 3.63) is 66.2 Å². The van der Waals surface area contributed by atoms with E-state index < -0.39 is 6.03 Å². The Hall–Kier alpha value is -4.47. The van der Waals surface area contributed by atoms with Crippen LogP contribution in [-0.4, -0.2) is 37.5 Å². The van der Waals surface area contributed by atoms with Gasteiger partial charge in [0.25, 0.3) is 0 Å². The predicted molar refractivity (Wildman–Crippen MR) is 120 cm³/mol. The van der Waals surface area contributed by atoms with Crippen molar-refractivity contribution in [1.82, 2.24) is 10.1 Å². The fraction of sp³-hybridized carbons (Fsp3) is 0.174. The summed E-state index contributed by atoms with van der Waals surface area (Å²) in [4.78, 5) is 17.1. The zero-order valence-electron chi connectivity index (χ0n) is 18.2. The predicted octanol–water partition coefficient (Wildman–Crippen LogP) is 4.59. The van der Waals surface area contributed by atoms with Gasteiger partial charge in [-0.15, -0.1) is 0 Å². The van der Waals surface area contributed by atoms with Crippen molar-refractivity contribution in [2.45, 2.75) is 6.42 Å². The topological polar surface area (TPSA) is 121 Å². The van der Waals surface area contributed by atoms with Gasteiger partial charge in [0.2, 0.25) is 17.5 Å². The number of methoxy groups -OCH3 is 3. The summed E-state index contributed by atoms with van der Waals surface area (Å²) in [6.45, 7) is 0. The van der Waals surface area contributed by atoms with E-state index in [1.54, 1.807) is 30.3 Å². The van der Waals surface area contributed by atoms with Gasteiger partial charge in [-0.25, -0.2) is 4.79 Å². The lowest BCUT2D eigenvalue weighted by molar-refractivity contribution is 0.262. The summed E-state index contributed by atoms with van der Waals surface area (Å²) in [6.07, 6.45) is 1.87. The van der Waals surface area contributed by atoms with Gasteiger partial charge in [0.1, 0.15) is 0 Å². The van der Waals surface area contributed by atoms with Gasteiger partial charge >= 0.3 is 6.03 Å². The van der Waals surface area contributed by atoms with Crippen LogP contribution >= 0.6 is 0 Å². The molecule has 2 N–H and O–H groups in total. The fourth-order valence-electron chi connectivity index (χ4n) is 3.23. The number of benzene rings is 2. The molecular weight excluding hydrogens is 428 g/mol. The maximum atomic E-state index is 12.7. The highest BCUT2D eigenvalue weighted by Crippen LogP contribution is 2.40. The Morgan fingerprint density at radius 1 is 0.970 bits per heavy atom. The number of hydrogen-bond acceptors (Lipinski definition) is 8. The minimum atomic E-state index is -0.446. The van der Waals surface area contributed by atoms with Gasteiger partial charge in [-0.2, -0.15) is 4.98 Å². The summed E-state index contributed by atoms with van der Waals surface area (Å²) < 4.78 is 26.6. The molecule has 0 saturated carbocycles. The molecule has 10 nitrogen and oxygen atoms in total. The standard InChI is InChI=1S/C23H22N4O6/c1-29-18-12-15(13-19(30-2)21(18)31-3)24-23(28)25-16-8-5-4-7-14(16)11-20-26-22(27-33-20)17-9-6-10-32-17/h4-10,12-13H,11H2,1-3H3,(H2,24,25,28). The van der Waals surface area contributed by atoms with Crippen LogP contribution in [0, 0.1) is 0 Å². The molecule has 4 rings (SSSR count). The first kappa shape index (κ1) is 21.8. The van der Waals surface area contributed by atoms with Crippen molar-refractivity contribution < 1.29 is 27.9 Å². The molecule has 33 heavy (non-hydrogen) atoms. The first-order chi connectivity index (χ1) is 16.1. The third kappa shape index (κ3) is 4.90. The van der Waals surface area contributed by atoms with Crippen LogP contribution in [0.2, 0.25) is 0 Å². The summed E-state index contributed by atoms with van der Waals surface area (Å²) in [7, 11) is 4.52. The fourth-order valence-corrected chi connectivity index (χ4v) is 3.23. The van der Waals surface area contributed by atoms with E-state index >= 15 is 0 Å². The van der Waals surface area contributed by atoms with Crippen LogP contribution < -0.4 is 24.8 Å². The first-order valence-electron chi connectivity index (χ1n) is 9.93. The van der Waals surface area contributed by atoms with E-state index in [0.717, 1.165) is 5.56 Å². The first-order valence-corrected chi connectivity index (χ1v) is 9.93. The van der Waals surface area contributed by atoms with Crippen LogP contribution in [0.15, 0.2) is 63.7 Å². The molecule has 0 aliphatic heterocycles. The number of hydrogen-bond donors (Lipinski definition) is 2. The molecule has 0 unspecified atom stereocenters. The molecule has 0 spiro atoms. The van der Waals surface area contributed by atoms with Gasteiger partial charge in [-0.05, 0) is 23.8 Å². The number of ether oxygens (including phenoxy) is 3. The number of amides is 2. The number of nitrogens with one attached hydrogen (secondary N) is 2. The van der Waals surface area contributed by atoms with Gasteiger partial charge in [-0.1, -0.05) is 23.4 Å². The Morgan fingerprint density at radius 3 is 2.39 bits per heavy atom. The Morgan fingerprint density at radius 2 is 1.73 bits per heavy atom. The molecule has 2 aromatic carbocycles. The number of urea groups is 1. The van der Waals surface area contributed by atoms with Crippen LogP contribution in [-0.2, 0) is 6.42 Å². The SMILES string of the molecule is COc1cc(NC(=O)Nc2ccccc2Cc2nc(-c3ccco3)no2)cc(OC)c1OC. The second-order valence-electron chi connectivity index (χ2n) is 6.82. The van der Waals surface area contributed by atoms with E-state index in [9.17, 15) is 4.79 Å². The Balaban J connectivity index is 1.48. The Bertz CT molecular complexity index is 1210. The van der Waals surface area contributed by atoms with Gasteiger partial charge in [0.15, 0.2) is 17.3 Å². The maximum Gasteiger partial charge on any atom is 0.323 e. The number of rotatable bonds is 8. The number of aromatic nitrogens is 2. The van der Waals surface area contributed by atoms with E-state index in [2.05, 4.69) is 20.8 Å². The zero-order chi connectivity index (χ0) is 23.2. The van der Waals surface area contributed by atoms with Crippen molar-refractivity contribution in [1.29, 1.82) is 0 Å². The molecule has 2 heterocycles. The van der Waals surface area contributed by atoms with Gasteiger partial charge in [-0.3, -0.25) is 0 Å². The minimum absolute atomic E-state index is 0.328. The average Bonchev–Trinajstić information content (AvgIpc) is 3.52. The molecule has 0 aliphatic rings. The van der Waals surface area contributed by atoms with E-state index in [4.69, 9.17) is 23.2 Å². The Kier molecular flexibility index (Phi) is 6.44. The molecule has 0 atom stereocenters. The van der Waals surface area contributed by atoms with Crippen LogP contribution in [0.5, 0.6) is 17.2 Å². The van der Waals surface area contributed by atoms with Crippen LogP contribution in [0.3, 0.4) is 0 Å². The number of anilines is 2. The zero-order valence-corrected chi connectivity index (χ0v) is 18.2. The van der Waals surface area contributed by atoms with E-state index in [0.29, 0.717) is 52.5 Å². The lowest BCUT2D eigenvalue weighted by Crippen LogP contribution is -2.20. The summed E-state index contributed by atoms with van der Waals surface area (Å²) >= 11 is 0. The number of para-hydroxylation sites is 1. The maximum absolute atomic E-state index is 12.7. The van der Waals surface area contributed by atoms with Crippen molar-refractivity contribution in [3.63, 3.8) is 0 Å². The van der Waals surface area contributed by atoms with Crippen molar-refractivity contribution in [2.75, 3.05) is 32.0 Å². The Labute approximate surface area is 189 Å². The van der Waals surface area contributed by atoms with Crippen molar-refractivity contribution in [2.24, 2.45) is 0 Å². The highest BCUT2D eigenvalue weighted by Gasteiger charge is 2.16. The van der Waals surface area contributed by atoms with E-state index in [-0.39, 0.29) is 0 Å². The van der Waals surface area contributed by atoms with Crippen LogP contribution in [0.25, 0.3) is 11.6 Å². The largest absolute Gasteiger partial charge is 0.493 e. The monoisotopic (exact) mass is 450 g/mol. The molecule has 0 saturated heterocycles. The van der Waals surface area contributed by atoms with Crippen molar-refractivity contribution in [3.8, 4) is 28.8 Å². The number of nitrogens with zero attached hydrogens (tertiary/aromatic N) is 2. The molecule has 0 fully saturated rings. The molecular formula is C23H22N4O6. The summed E-state index contributed by atoms with van der Waals surface area (Å²) in [6, 6.07) is 13.7. The quantitative estimate of drug-likeness (QED) is 0.400. The third-order valence-corrected chi connectivity index (χ3v) is 4.74. The molecule has 10 heteroatoms. The molecule has 4 aromatic rings. The van der Waals surface area contributed by atoms with Crippen molar-refractivity contribution >= 4 is 17.4 Å². The molecule has 0 aliphatic carbocycles. The second kappa shape index (κ2) is 9.77. The van der Waals surface area contributed by atoms with E-state index in [1.165, 1.54) is 27.6 Å². The number of furan rings is 1. The average molecular weight is 450 g/mol. The van der Waals surface area contributed by atoms with Crippen LogP contribution in [0.1, 0.15) is 11.5 Å². The molecule has 170 valence electrons.